The third-order valence-corrected chi connectivity index (χ3v) is 5.13. The molecular weight excluding hydrogens is 388 g/mol. The van der Waals surface area contributed by atoms with Gasteiger partial charge in [-0.25, -0.2) is 13.1 Å². The van der Waals surface area contributed by atoms with Gasteiger partial charge < -0.3 is 10.1 Å². The van der Waals surface area contributed by atoms with Gasteiger partial charge in [-0.1, -0.05) is 37.3 Å². The molecule has 2 N–H and O–H groups in total. The summed E-state index contributed by atoms with van der Waals surface area (Å²) in [5.74, 6) is 0.395. The van der Waals surface area contributed by atoms with E-state index in [-0.39, 0.29) is 18.2 Å². The molecule has 0 fully saturated rings. The van der Waals surface area contributed by atoms with Crippen molar-refractivity contribution < 1.29 is 17.9 Å². The Hall–Kier alpha value is -2.90. The molecule has 0 aliphatic carbocycles. The van der Waals surface area contributed by atoms with Crippen molar-refractivity contribution in [3.63, 3.8) is 0 Å². The average molecular weight is 415 g/mol. The number of carbonyl (C=O) groups is 1. The summed E-state index contributed by atoms with van der Waals surface area (Å²) in [5.41, 5.74) is 2.10. The van der Waals surface area contributed by atoms with Crippen LogP contribution in [0.1, 0.15) is 24.5 Å². The minimum atomic E-state index is -3.41. The molecule has 0 bridgehead atoms. The number of hydrogen-bond acceptors (Lipinski definition) is 4. The molecule has 0 radical (unpaired) electrons. The number of nitrogens with one attached hydrogen (secondary N) is 2. The smallest absolute Gasteiger partial charge is 0.248 e. The van der Waals surface area contributed by atoms with E-state index in [0.717, 1.165) is 17.7 Å². The van der Waals surface area contributed by atoms with Crippen LogP contribution >= 0.6 is 0 Å². The molecule has 0 aliphatic heterocycles. The molecule has 0 unspecified atom stereocenters. The van der Waals surface area contributed by atoms with E-state index in [1.165, 1.54) is 12.2 Å². The summed E-state index contributed by atoms with van der Waals surface area (Å²) >= 11 is 0. The van der Waals surface area contributed by atoms with Crippen LogP contribution in [0.25, 0.3) is 6.08 Å². The highest BCUT2D eigenvalue weighted by Gasteiger charge is 2.10. The molecule has 0 saturated heterocycles. The first-order valence-corrected chi connectivity index (χ1v) is 11.0. The fourth-order valence-electron chi connectivity index (χ4n) is 2.39. The second-order valence-electron chi connectivity index (χ2n) is 6.33. The van der Waals surface area contributed by atoms with Crippen LogP contribution in [0, 0.1) is 0 Å². The summed E-state index contributed by atoms with van der Waals surface area (Å²) in [4.78, 5) is 12.1. The second kappa shape index (κ2) is 11.2. The maximum Gasteiger partial charge on any atom is 0.248 e. The average Bonchev–Trinajstić information content (AvgIpc) is 2.71. The van der Waals surface area contributed by atoms with E-state index >= 15 is 0 Å². The fourth-order valence-corrected chi connectivity index (χ4v) is 3.50. The van der Waals surface area contributed by atoms with Crippen molar-refractivity contribution in [3.05, 3.63) is 78.4 Å². The molecule has 154 valence electrons. The first-order valence-electron chi connectivity index (χ1n) is 9.31. The van der Waals surface area contributed by atoms with Gasteiger partial charge in [0.15, 0.2) is 0 Å². The monoisotopic (exact) mass is 414 g/mol. The second-order valence-corrected chi connectivity index (χ2v) is 8.14. The number of carbonyl (C=O) groups excluding carboxylic acids is 1. The zero-order valence-electron chi connectivity index (χ0n) is 16.4. The van der Waals surface area contributed by atoms with Crippen LogP contribution in [0.4, 0.5) is 5.69 Å². The number of ether oxygens (including phenoxy) is 1. The molecule has 0 aromatic heterocycles. The predicted octanol–water partition coefficient (Wildman–Crippen LogP) is 3.73. The highest BCUT2D eigenvalue weighted by Crippen LogP contribution is 2.14. The van der Waals surface area contributed by atoms with Gasteiger partial charge in [0.05, 0.1) is 12.4 Å². The zero-order chi connectivity index (χ0) is 21.1. The van der Waals surface area contributed by atoms with E-state index in [0.29, 0.717) is 17.9 Å². The Labute approximate surface area is 172 Å². The molecule has 29 heavy (non-hydrogen) atoms. The SMILES string of the molecule is C=CCNS(=O)(=O)Cc1ccc(NC(=O)/C=C/c2ccc(OCCC)cc2)cc1. The molecule has 6 nitrogen and oxygen atoms in total. The summed E-state index contributed by atoms with van der Waals surface area (Å²) in [5, 5.41) is 2.75. The summed E-state index contributed by atoms with van der Waals surface area (Å²) in [7, 11) is -3.41. The maximum atomic E-state index is 12.1. The lowest BCUT2D eigenvalue weighted by atomic mass is 10.2. The fraction of sp³-hybridized carbons (Fsp3) is 0.227. The molecular formula is C22H26N2O4S. The largest absolute Gasteiger partial charge is 0.494 e. The van der Waals surface area contributed by atoms with Gasteiger partial charge >= 0.3 is 0 Å². The van der Waals surface area contributed by atoms with Gasteiger partial charge in [0.1, 0.15) is 5.75 Å². The first kappa shape index (κ1) is 22.4. The molecule has 0 heterocycles. The highest BCUT2D eigenvalue weighted by atomic mass is 32.2. The molecule has 7 heteroatoms. The van der Waals surface area contributed by atoms with Gasteiger partial charge in [-0.05, 0) is 47.9 Å². The van der Waals surface area contributed by atoms with E-state index in [9.17, 15) is 13.2 Å². The predicted molar refractivity (Wildman–Crippen MR) is 117 cm³/mol. The summed E-state index contributed by atoms with van der Waals surface area (Å²) in [6.45, 7) is 6.39. The van der Waals surface area contributed by atoms with E-state index in [4.69, 9.17) is 4.74 Å². The normalized spacial score (nSPS) is 11.3. The highest BCUT2D eigenvalue weighted by molar-refractivity contribution is 7.88. The Morgan fingerprint density at radius 1 is 1.10 bits per heavy atom. The number of sulfonamides is 1. The number of benzene rings is 2. The van der Waals surface area contributed by atoms with Crippen molar-refractivity contribution in [3.8, 4) is 5.75 Å². The Kier molecular flexibility index (Phi) is 8.64. The van der Waals surface area contributed by atoms with Crippen LogP contribution in [-0.2, 0) is 20.6 Å². The van der Waals surface area contributed by atoms with Crippen molar-refractivity contribution in [1.82, 2.24) is 4.72 Å². The number of anilines is 1. The van der Waals surface area contributed by atoms with Gasteiger partial charge in [-0.2, -0.15) is 0 Å². The Morgan fingerprint density at radius 2 is 1.79 bits per heavy atom. The van der Waals surface area contributed by atoms with Crippen LogP contribution in [0.2, 0.25) is 0 Å². The van der Waals surface area contributed by atoms with Crippen molar-refractivity contribution in [2.45, 2.75) is 19.1 Å². The number of hydrogen-bond donors (Lipinski definition) is 2. The Bertz CT molecular complexity index is 934. The van der Waals surface area contributed by atoms with Gasteiger partial charge in [0, 0.05) is 18.3 Å². The van der Waals surface area contributed by atoms with E-state index < -0.39 is 10.0 Å². The van der Waals surface area contributed by atoms with Crippen LogP contribution in [0.3, 0.4) is 0 Å². The Morgan fingerprint density at radius 3 is 2.41 bits per heavy atom. The molecule has 2 aromatic carbocycles. The summed E-state index contributed by atoms with van der Waals surface area (Å²) in [6.07, 6.45) is 5.59. The zero-order valence-corrected chi connectivity index (χ0v) is 17.2. The number of amides is 1. The lowest BCUT2D eigenvalue weighted by molar-refractivity contribution is -0.111. The molecule has 0 atom stereocenters. The lowest BCUT2D eigenvalue weighted by Gasteiger charge is -2.07. The van der Waals surface area contributed by atoms with Gasteiger partial charge in [0.25, 0.3) is 0 Å². The van der Waals surface area contributed by atoms with E-state index in [2.05, 4.69) is 16.6 Å². The van der Waals surface area contributed by atoms with E-state index in [1.807, 2.05) is 31.2 Å². The van der Waals surface area contributed by atoms with Crippen molar-refractivity contribution in [1.29, 1.82) is 0 Å². The minimum Gasteiger partial charge on any atom is -0.494 e. The van der Waals surface area contributed by atoms with Crippen LogP contribution in [-0.4, -0.2) is 27.5 Å². The molecule has 0 aliphatic rings. The first-order chi connectivity index (χ1) is 13.9. The van der Waals surface area contributed by atoms with Crippen molar-refractivity contribution in [2.24, 2.45) is 0 Å². The van der Waals surface area contributed by atoms with Gasteiger partial charge in [0.2, 0.25) is 15.9 Å². The summed E-state index contributed by atoms with van der Waals surface area (Å²) < 4.78 is 31.7. The van der Waals surface area contributed by atoms with Crippen molar-refractivity contribution in [2.75, 3.05) is 18.5 Å². The molecule has 0 saturated carbocycles. The third kappa shape index (κ3) is 8.33. The van der Waals surface area contributed by atoms with Crippen LogP contribution in [0.15, 0.2) is 67.3 Å². The van der Waals surface area contributed by atoms with Gasteiger partial charge in [-0.15, -0.1) is 6.58 Å². The van der Waals surface area contributed by atoms with Gasteiger partial charge in [-0.3, -0.25) is 4.79 Å². The lowest BCUT2D eigenvalue weighted by Crippen LogP contribution is -2.25. The van der Waals surface area contributed by atoms with E-state index in [1.54, 1.807) is 30.3 Å². The maximum absolute atomic E-state index is 12.1. The van der Waals surface area contributed by atoms with Crippen molar-refractivity contribution >= 4 is 27.7 Å². The topological polar surface area (TPSA) is 84.5 Å². The quantitative estimate of drug-likeness (QED) is 0.433. The molecule has 2 aromatic rings. The third-order valence-electron chi connectivity index (χ3n) is 3.81. The van der Waals surface area contributed by atoms with Crippen LogP contribution < -0.4 is 14.8 Å². The number of rotatable bonds is 11. The molecule has 0 spiro atoms. The Balaban J connectivity index is 1.88. The molecule has 2 rings (SSSR count). The minimum absolute atomic E-state index is 0.132. The standard InChI is InChI=1S/C22H26N2O4S/c1-3-15-23-29(26,27)17-19-5-10-20(11-6-19)24-22(25)14-9-18-7-12-21(13-8-18)28-16-4-2/h3,5-14,23H,1,4,15-17H2,2H3,(H,24,25)/b14-9+. The summed E-state index contributed by atoms with van der Waals surface area (Å²) in [6, 6.07) is 14.2. The molecule has 1 amide bonds. The van der Waals surface area contributed by atoms with Crippen LogP contribution in [0.5, 0.6) is 5.75 Å².